The second-order valence-electron chi connectivity index (χ2n) is 14.8. The molecule has 0 fully saturated rings. The van der Waals surface area contributed by atoms with Gasteiger partial charge < -0.3 is 34.4 Å². The van der Waals surface area contributed by atoms with Crippen LogP contribution in [0.3, 0.4) is 0 Å². The molecule has 0 radical (unpaired) electrons. The highest BCUT2D eigenvalue weighted by Crippen LogP contribution is 2.43. The second kappa shape index (κ2) is 39.6. The molecule has 60 heavy (non-hydrogen) atoms. The molecule has 0 aromatic rings. The van der Waals surface area contributed by atoms with Gasteiger partial charge in [-0.15, -0.1) is 0 Å². The molecule has 0 aliphatic heterocycles. The second-order valence-corrected chi connectivity index (χ2v) is 17.5. The third-order valence-electron chi connectivity index (χ3n) is 8.92. The first kappa shape index (κ1) is 57.8. The van der Waals surface area contributed by atoms with Crippen LogP contribution < -0.4 is 0 Å². The van der Waals surface area contributed by atoms with Crippen molar-refractivity contribution >= 4 is 27.6 Å². The van der Waals surface area contributed by atoms with Gasteiger partial charge in [-0.05, 0) is 77.0 Å². The molecule has 14 nitrogen and oxygen atoms in total. The molecule has 0 saturated carbocycles. The van der Waals surface area contributed by atoms with Crippen LogP contribution in [0.15, 0.2) is 60.8 Å². The fourth-order valence-corrected chi connectivity index (χ4v) is 6.74. The van der Waals surface area contributed by atoms with E-state index in [0.29, 0.717) is 25.7 Å². The normalized spacial score (nSPS) is 15.1. The molecule has 0 aromatic carbocycles. The molecule has 0 aliphatic rings. The van der Waals surface area contributed by atoms with E-state index in [2.05, 4.69) is 65.4 Å². The van der Waals surface area contributed by atoms with Crippen LogP contribution in [-0.2, 0) is 41.8 Å². The first-order chi connectivity index (χ1) is 28.8. The minimum absolute atomic E-state index is 0.0371. The first-order valence-corrected chi connectivity index (χ1v) is 25.1. The zero-order valence-corrected chi connectivity index (χ0v) is 38.2. The van der Waals surface area contributed by atoms with E-state index in [4.69, 9.17) is 23.8 Å². The molecule has 0 aromatic heterocycles. The topological polar surface area (TPSA) is 216 Å². The standard InChI is InChI=1S/C44H78O14P2/c1-3-5-6-7-8-9-10-11-12-15-18-21-24-27-30-34-43(47)54-38-42(39-57-60(52,53)56-37-41(46)36-55-59(49,50)51)58-44(48)35-31-28-25-22-19-16-13-14-17-20-23-26-29-33-40(45)32-4-2/h11-13,16-17,20,22,25-26,29,40-42,45-46H,3-10,14-15,18-19,21,23-24,27-28,30-39H2,1-2H3,(H,52,53)(H2,49,50,51)/b12-11-,16-13-,20-17-,25-22-,29-26-/t40?,41-,42+/m0/s1. The Bertz CT molecular complexity index is 1310. The van der Waals surface area contributed by atoms with Gasteiger partial charge in [0.05, 0.1) is 25.9 Å². The predicted molar refractivity (Wildman–Crippen MR) is 236 cm³/mol. The molecule has 4 atom stereocenters. The number of carbonyl (C=O) groups is 2. The van der Waals surface area contributed by atoms with Crippen molar-refractivity contribution in [2.75, 3.05) is 26.4 Å². The maximum atomic E-state index is 12.6. The van der Waals surface area contributed by atoms with Crippen molar-refractivity contribution in [2.24, 2.45) is 0 Å². The zero-order valence-electron chi connectivity index (χ0n) is 36.4. The smallest absolute Gasteiger partial charge is 0.462 e. The number of rotatable bonds is 41. The lowest BCUT2D eigenvalue weighted by atomic mass is 10.1. The highest BCUT2D eigenvalue weighted by molar-refractivity contribution is 7.47. The predicted octanol–water partition coefficient (Wildman–Crippen LogP) is 10.2. The summed E-state index contributed by atoms with van der Waals surface area (Å²) >= 11 is 0. The van der Waals surface area contributed by atoms with Gasteiger partial charge in [0, 0.05) is 12.8 Å². The van der Waals surface area contributed by atoms with Crippen molar-refractivity contribution in [2.45, 2.75) is 180 Å². The van der Waals surface area contributed by atoms with Crippen LogP contribution in [0.1, 0.15) is 162 Å². The summed E-state index contributed by atoms with van der Waals surface area (Å²) in [5, 5.41) is 19.5. The Labute approximate surface area is 360 Å². The van der Waals surface area contributed by atoms with Crippen molar-refractivity contribution in [3.05, 3.63) is 60.8 Å². The summed E-state index contributed by atoms with van der Waals surface area (Å²) in [7, 11) is -9.71. The highest BCUT2D eigenvalue weighted by Gasteiger charge is 2.28. The van der Waals surface area contributed by atoms with Crippen LogP contribution in [-0.4, -0.2) is 81.6 Å². The van der Waals surface area contributed by atoms with Gasteiger partial charge >= 0.3 is 27.6 Å². The molecule has 0 rings (SSSR count). The lowest BCUT2D eigenvalue weighted by Gasteiger charge is -2.20. The van der Waals surface area contributed by atoms with E-state index >= 15 is 0 Å². The molecule has 16 heteroatoms. The number of ether oxygens (including phenoxy) is 2. The van der Waals surface area contributed by atoms with Gasteiger partial charge in [0.15, 0.2) is 6.10 Å². The molecule has 5 N–H and O–H groups in total. The largest absolute Gasteiger partial charge is 0.472 e. The molecule has 348 valence electrons. The summed E-state index contributed by atoms with van der Waals surface area (Å²) in [5.74, 6) is -1.13. The Morgan fingerprint density at radius 3 is 1.60 bits per heavy atom. The fourth-order valence-electron chi connectivity index (χ4n) is 5.58. The van der Waals surface area contributed by atoms with Crippen LogP contribution in [0.2, 0.25) is 0 Å². The number of phosphoric ester groups is 2. The van der Waals surface area contributed by atoms with E-state index in [-0.39, 0.29) is 18.9 Å². The number of hydrogen-bond acceptors (Lipinski definition) is 11. The Kier molecular flexibility index (Phi) is 38.1. The third-order valence-corrected chi connectivity index (χ3v) is 10.4. The van der Waals surface area contributed by atoms with E-state index in [0.717, 1.165) is 70.6 Å². The molecule has 2 unspecified atom stereocenters. The van der Waals surface area contributed by atoms with Crippen LogP contribution in [0.4, 0.5) is 0 Å². The van der Waals surface area contributed by atoms with Gasteiger partial charge in [-0.25, -0.2) is 9.13 Å². The first-order valence-electron chi connectivity index (χ1n) is 22.1. The Balaban J connectivity index is 4.65. The van der Waals surface area contributed by atoms with Gasteiger partial charge in [-0.1, -0.05) is 132 Å². The summed E-state index contributed by atoms with van der Waals surface area (Å²) in [6.45, 7) is 1.47. The maximum absolute atomic E-state index is 12.6. The number of esters is 2. The van der Waals surface area contributed by atoms with E-state index in [9.17, 15) is 33.8 Å². The monoisotopic (exact) mass is 892 g/mol. The summed E-state index contributed by atoms with van der Waals surface area (Å²) < 4.78 is 47.7. The van der Waals surface area contributed by atoms with Crippen LogP contribution in [0, 0.1) is 0 Å². The minimum Gasteiger partial charge on any atom is -0.462 e. The third kappa shape index (κ3) is 42.5. The fraction of sp³-hybridized carbons (Fsp3) is 0.727. The Morgan fingerprint density at radius 1 is 0.517 bits per heavy atom. The maximum Gasteiger partial charge on any atom is 0.472 e. The summed E-state index contributed by atoms with van der Waals surface area (Å²) in [4.78, 5) is 52.7. The van der Waals surface area contributed by atoms with E-state index in [1.807, 2.05) is 18.2 Å². The quantitative estimate of drug-likeness (QED) is 0.0167. The van der Waals surface area contributed by atoms with E-state index < -0.39 is 66.2 Å². The average molecular weight is 893 g/mol. The van der Waals surface area contributed by atoms with Gasteiger partial charge in [0.2, 0.25) is 0 Å². The molecular formula is C44H78O14P2. The SMILES string of the molecule is CCCCCCCC/C=C\CCCCCCCC(=O)OC[C@H](COP(=O)(O)OC[C@@H](O)COP(=O)(O)O)OC(=O)CCC/C=C\C/C=C\C/C=C\C/C=C\CC(O)CCC. The van der Waals surface area contributed by atoms with Gasteiger partial charge in [0.1, 0.15) is 12.7 Å². The number of unbranched alkanes of at least 4 members (excludes halogenated alkanes) is 12. The zero-order chi connectivity index (χ0) is 44.6. The number of allylic oxidation sites excluding steroid dienone is 9. The Morgan fingerprint density at radius 2 is 1.00 bits per heavy atom. The van der Waals surface area contributed by atoms with Crippen LogP contribution >= 0.6 is 15.6 Å². The number of carbonyl (C=O) groups excluding carboxylic acids is 2. The summed E-state index contributed by atoms with van der Waals surface area (Å²) in [5.41, 5.74) is 0. The van der Waals surface area contributed by atoms with Gasteiger partial charge in [0.25, 0.3) is 0 Å². The van der Waals surface area contributed by atoms with Crippen molar-refractivity contribution in [1.82, 2.24) is 0 Å². The average Bonchev–Trinajstić information content (AvgIpc) is 3.20. The minimum atomic E-state index is -4.88. The number of aliphatic hydroxyl groups is 2. The number of aliphatic hydroxyl groups excluding tert-OH is 2. The van der Waals surface area contributed by atoms with E-state index in [1.165, 1.54) is 38.5 Å². The Hall–Kier alpha value is -2.22. The van der Waals surface area contributed by atoms with Crippen molar-refractivity contribution in [1.29, 1.82) is 0 Å². The molecule has 0 heterocycles. The number of hydrogen-bond donors (Lipinski definition) is 5. The van der Waals surface area contributed by atoms with Crippen molar-refractivity contribution < 1.29 is 66.7 Å². The molecule has 0 amide bonds. The molecule has 0 spiro atoms. The van der Waals surface area contributed by atoms with Crippen LogP contribution in [0.5, 0.6) is 0 Å². The highest BCUT2D eigenvalue weighted by atomic mass is 31.2. The van der Waals surface area contributed by atoms with Crippen LogP contribution in [0.25, 0.3) is 0 Å². The molecule has 0 aliphatic carbocycles. The summed E-state index contributed by atoms with van der Waals surface area (Å²) in [6, 6.07) is 0. The molecule has 0 bridgehead atoms. The van der Waals surface area contributed by atoms with Crippen molar-refractivity contribution in [3.63, 3.8) is 0 Å². The van der Waals surface area contributed by atoms with Crippen molar-refractivity contribution in [3.8, 4) is 0 Å². The van der Waals surface area contributed by atoms with Gasteiger partial charge in [-0.2, -0.15) is 0 Å². The molecular weight excluding hydrogens is 814 g/mol. The van der Waals surface area contributed by atoms with E-state index in [1.54, 1.807) is 0 Å². The lowest BCUT2D eigenvalue weighted by Crippen LogP contribution is -2.29. The lowest BCUT2D eigenvalue weighted by molar-refractivity contribution is -0.161. The molecule has 0 saturated heterocycles. The number of phosphoric acid groups is 2. The van der Waals surface area contributed by atoms with Gasteiger partial charge in [-0.3, -0.25) is 23.2 Å². The summed E-state index contributed by atoms with van der Waals surface area (Å²) in [6.07, 6.45) is 38.5.